The lowest BCUT2D eigenvalue weighted by molar-refractivity contribution is 0.0938. The maximum Gasteiger partial charge on any atom is 0.255 e. The van der Waals surface area contributed by atoms with Gasteiger partial charge in [-0.05, 0) is 37.1 Å². The van der Waals surface area contributed by atoms with Crippen LogP contribution in [0.1, 0.15) is 36.0 Å². The molecule has 1 fully saturated rings. The maximum absolute atomic E-state index is 13.0. The van der Waals surface area contributed by atoms with E-state index in [1.54, 1.807) is 18.0 Å². The minimum Gasteiger partial charge on any atom is -0.496 e. The van der Waals surface area contributed by atoms with Gasteiger partial charge in [0.1, 0.15) is 11.4 Å². The Hall–Kier alpha value is -3.08. The highest BCUT2D eigenvalue weighted by molar-refractivity contribution is 6.00. The van der Waals surface area contributed by atoms with Crippen molar-refractivity contribution in [2.24, 2.45) is 0 Å². The Kier molecular flexibility index (Phi) is 4.92. The predicted molar refractivity (Wildman–Crippen MR) is 105 cm³/mol. The summed E-state index contributed by atoms with van der Waals surface area (Å²) in [6.45, 7) is 0. The molecule has 2 aromatic carbocycles. The second-order valence-electron chi connectivity index (χ2n) is 6.83. The number of hydrogen-bond acceptors (Lipinski definition) is 3. The number of rotatable bonds is 5. The van der Waals surface area contributed by atoms with E-state index in [9.17, 15) is 4.79 Å². The van der Waals surface area contributed by atoms with Crippen LogP contribution in [0.5, 0.6) is 5.75 Å². The van der Waals surface area contributed by atoms with Gasteiger partial charge in [-0.3, -0.25) is 4.79 Å². The predicted octanol–water partition coefficient (Wildman–Crippen LogP) is 4.22. The number of aromatic nitrogens is 2. The van der Waals surface area contributed by atoms with E-state index in [0.717, 1.165) is 24.1 Å². The number of carbonyl (C=O) groups excluding carboxylic acids is 1. The van der Waals surface area contributed by atoms with Crippen LogP contribution in [0.3, 0.4) is 0 Å². The summed E-state index contributed by atoms with van der Waals surface area (Å²) >= 11 is 0. The van der Waals surface area contributed by atoms with Crippen LogP contribution in [-0.4, -0.2) is 28.8 Å². The Morgan fingerprint density at radius 3 is 2.52 bits per heavy atom. The number of benzene rings is 2. The summed E-state index contributed by atoms with van der Waals surface area (Å²) in [4.78, 5) is 13.0. The Balaban J connectivity index is 1.77. The molecule has 5 nitrogen and oxygen atoms in total. The second kappa shape index (κ2) is 7.66. The summed E-state index contributed by atoms with van der Waals surface area (Å²) in [6, 6.07) is 17.7. The average molecular weight is 361 g/mol. The molecular weight excluding hydrogens is 338 g/mol. The summed E-state index contributed by atoms with van der Waals surface area (Å²) in [5.41, 5.74) is 2.92. The van der Waals surface area contributed by atoms with E-state index in [-0.39, 0.29) is 11.9 Å². The van der Waals surface area contributed by atoms with E-state index in [1.807, 2.05) is 54.6 Å². The highest BCUT2D eigenvalue weighted by atomic mass is 16.5. The lowest BCUT2D eigenvalue weighted by Crippen LogP contribution is -2.32. The molecule has 4 rings (SSSR count). The van der Waals surface area contributed by atoms with Crippen molar-refractivity contribution in [2.75, 3.05) is 7.11 Å². The maximum atomic E-state index is 13.0. The number of amides is 1. The van der Waals surface area contributed by atoms with E-state index in [4.69, 9.17) is 9.84 Å². The number of nitrogens with zero attached hydrogens (tertiary/aromatic N) is 2. The van der Waals surface area contributed by atoms with Crippen molar-refractivity contribution < 1.29 is 9.53 Å². The van der Waals surface area contributed by atoms with Crippen LogP contribution in [0.4, 0.5) is 0 Å². The van der Waals surface area contributed by atoms with Gasteiger partial charge in [0, 0.05) is 17.8 Å². The van der Waals surface area contributed by atoms with Crippen LogP contribution in [0, 0.1) is 0 Å². The summed E-state index contributed by atoms with van der Waals surface area (Å²) in [5, 5.41) is 7.91. The quantitative estimate of drug-likeness (QED) is 0.740. The average Bonchev–Trinajstić information content (AvgIpc) is 3.38. The minimum absolute atomic E-state index is 0.0787. The number of methoxy groups -OCH3 is 1. The molecule has 1 N–H and O–H groups in total. The van der Waals surface area contributed by atoms with Crippen molar-refractivity contribution in [3.63, 3.8) is 0 Å². The molecule has 138 valence electrons. The van der Waals surface area contributed by atoms with Crippen LogP contribution in [-0.2, 0) is 0 Å². The van der Waals surface area contributed by atoms with Crippen molar-refractivity contribution in [1.29, 1.82) is 0 Å². The smallest absolute Gasteiger partial charge is 0.255 e. The number of ether oxygens (including phenoxy) is 1. The molecule has 1 saturated carbocycles. The molecule has 0 radical (unpaired) electrons. The van der Waals surface area contributed by atoms with Crippen molar-refractivity contribution in [3.8, 4) is 22.7 Å². The lowest BCUT2D eigenvalue weighted by Gasteiger charge is -2.12. The van der Waals surface area contributed by atoms with Crippen LogP contribution in [0.15, 0.2) is 60.8 Å². The molecule has 1 aliphatic rings. The van der Waals surface area contributed by atoms with E-state index >= 15 is 0 Å². The number of para-hydroxylation sites is 2. The molecular formula is C22H23N3O2. The first-order valence-corrected chi connectivity index (χ1v) is 9.35. The van der Waals surface area contributed by atoms with Crippen molar-refractivity contribution in [2.45, 2.75) is 31.7 Å². The molecule has 1 aromatic heterocycles. The zero-order valence-corrected chi connectivity index (χ0v) is 15.4. The first-order valence-electron chi connectivity index (χ1n) is 9.35. The molecule has 1 heterocycles. The number of nitrogens with one attached hydrogen (secondary N) is 1. The Morgan fingerprint density at radius 2 is 1.78 bits per heavy atom. The van der Waals surface area contributed by atoms with E-state index in [2.05, 4.69) is 5.32 Å². The van der Waals surface area contributed by atoms with Crippen LogP contribution in [0.2, 0.25) is 0 Å². The van der Waals surface area contributed by atoms with Gasteiger partial charge in [-0.1, -0.05) is 43.2 Å². The first-order chi connectivity index (χ1) is 13.3. The monoisotopic (exact) mass is 361 g/mol. The SMILES string of the molecule is COc1ccccc1-c1nn(-c2ccccc2)cc1C(=O)NC1CCCC1. The fraction of sp³-hybridized carbons (Fsp3) is 0.273. The van der Waals surface area contributed by atoms with Crippen molar-refractivity contribution in [3.05, 3.63) is 66.4 Å². The Labute approximate surface area is 159 Å². The summed E-state index contributed by atoms with van der Waals surface area (Å²) in [7, 11) is 1.63. The normalized spacial score (nSPS) is 14.3. The van der Waals surface area contributed by atoms with Crippen LogP contribution in [0.25, 0.3) is 16.9 Å². The Bertz CT molecular complexity index is 928. The molecule has 0 atom stereocenters. The fourth-order valence-corrected chi connectivity index (χ4v) is 3.63. The molecule has 1 amide bonds. The standard InChI is InChI=1S/C22H23N3O2/c1-27-20-14-8-7-13-18(20)21-19(22(26)23-16-9-5-6-10-16)15-25(24-21)17-11-3-2-4-12-17/h2-4,7-8,11-16H,5-6,9-10H2,1H3,(H,23,26). The molecule has 1 aliphatic carbocycles. The highest BCUT2D eigenvalue weighted by Crippen LogP contribution is 2.32. The molecule has 0 saturated heterocycles. The molecule has 0 aliphatic heterocycles. The fourth-order valence-electron chi connectivity index (χ4n) is 3.63. The minimum atomic E-state index is -0.0787. The first kappa shape index (κ1) is 17.3. The third-order valence-electron chi connectivity index (χ3n) is 5.03. The molecule has 0 spiro atoms. The second-order valence-corrected chi connectivity index (χ2v) is 6.83. The zero-order valence-electron chi connectivity index (χ0n) is 15.4. The van der Waals surface area contributed by atoms with Gasteiger partial charge in [0.05, 0.1) is 18.4 Å². The van der Waals surface area contributed by atoms with E-state index in [0.29, 0.717) is 17.0 Å². The summed E-state index contributed by atoms with van der Waals surface area (Å²) in [5.74, 6) is 0.621. The largest absolute Gasteiger partial charge is 0.496 e. The van der Waals surface area contributed by atoms with Crippen molar-refractivity contribution >= 4 is 5.91 Å². The molecule has 5 heteroatoms. The Morgan fingerprint density at radius 1 is 1.07 bits per heavy atom. The van der Waals surface area contributed by atoms with Crippen LogP contribution < -0.4 is 10.1 Å². The molecule has 0 unspecified atom stereocenters. The van der Waals surface area contributed by atoms with Gasteiger partial charge in [-0.15, -0.1) is 0 Å². The van der Waals surface area contributed by atoms with Gasteiger partial charge in [0.25, 0.3) is 5.91 Å². The molecule has 3 aromatic rings. The molecule has 0 bridgehead atoms. The third-order valence-corrected chi connectivity index (χ3v) is 5.03. The van der Waals surface area contributed by atoms with E-state index < -0.39 is 0 Å². The van der Waals surface area contributed by atoms with Crippen molar-refractivity contribution in [1.82, 2.24) is 15.1 Å². The summed E-state index contributed by atoms with van der Waals surface area (Å²) in [6.07, 6.45) is 6.24. The highest BCUT2D eigenvalue weighted by Gasteiger charge is 2.24. The zero-order chi connectivity index (χ0) is 18.6. The van der Waals surface area contributed by atoms with Gasteiger partial charge in [0.15, 0.2) is 0 Å². The van der Waals surface area contributed by atoms with Crippen LogP contribution >= 0.6 is 0 Å². The van der Waals surface area contributed by atoms with Gasteiger partial charge < -0.3 is 10.1 Å². The number of hydrogen-bond donors (Lipinski definition) is 1. The van der Waals surface area contributed by atoms with E-state index in [1.165, 1.54) is 12.8 Å². The van der Waals surface area contributed by atoms with Gasteiger partial charge in [-0.2, -0.15) is 5.10 Å². The molecule has 27 heavy (non-hydrogen) atoms. The van der Waals surface area contributed by atoms with Gasteiger partial charge in [0.2, 0.25) is 0 Å². The van der Waals surface area contributed by atoms with Gasteiger partial charge in [-0.25, -0.2) is 4.68 Å². The van der Waals surface area contributed by atoms with Gasteiger partial charge >= 0.3 is 0 Å². The summed E-state index contributed by atoms with van der Waals surface area (Å²) < 4.78 is 7.26. The lowest BCUT2D eigenvalue weighted by atomic mass is 10.1. The number of carbonyl (C=O) groups is 1. The topological polar surface area (TPSA) is 56.2 Å². The third kappa shape index (κ3) is 3.58.